The number of anilines is 1. The molecule has 0 radical (unpaired) electrons. The van der Waals surface area contributed by atoms with E-state index in [1.54, 1.807) is 25.3 Å². The minimum absolute atomic E-state index is 0.201. The van der Waals surface area contributed by atoms with Crippen molar-refractivity contribution in [1.29, 1.82) is 0 Å². The molecule has 4 heteroatoms. The van der Waals surface area contributed by atoms with Crippen molar-refractivity contribution in [1.82, 2.24) is 0 Å². The lowest BCUT2D eigenvalue weighted by Gasteiger charge is -2.21. The summed E-state index contributed by atoms with van der Waals surface area (Å²) in [6, 6.07) is 13.9. The van der Waals surface area contributed by atoms with Crippen LogP contribution in [0.25, 0.3) is 0 Å². The smallest absolute Gasteiger partial charge is 0.146 e. The van der Waals surface area contributed by atoms with Crippen molar-refractivity contribution in [3.05, 3.63) is 59.9 Å². The monoisotopic (exact) mass is 260 g/mol. The maximum atomic E-state index is 13.6. The quantitative estimate of drug-likeness (QED) is 0.869. The minimum atomic E-state index is -0.296. The Morgan fingerprint density at radius 2 is 1.84 bits per heavy atom. The minimum Gasteiger partial charge on any atom is -0.496 e. The zero-order chi connectivity index (χ0) is 13.7. The van der Waals surface area contributed by atoms with Crippen molar-refractivity contribution in [3.8, 4) is 5.75 Å². The normalized spacial score (nSPS) is 11.9. The molecule has 3 nitrogen and oxygen atoms in total. The summed E-state index contributed by atoms with van der Waals surface area (Å²) in [6.45, 7) is 0.342. The zero-order valence-corrected chi connectivity index (χ0v) is 10.8. The van der Waals surface area contributed by atoms with Crippen LogP contribution in [0.1, 0.15) is 11.6 Å². The first-order valence-corrected chi connectivity index (χ1v) is 6.10. The van der Waals surface area contributed by atoms with E-state index in [1.807, 2.05) is 24.3 Å². The molecule has 19 heavy (non-hydrogen) atoms. The summed E-state index contributed by atoms with van der Waals surface area (Å²) in [5, 5.41) is 3.11. The van der Waals surface area contributed by atoms with Gasteiger partial charge in [-0.3, -0.25) is 0 Å². The zero-order valence-electron chi connectivity index (χ0n) is 10.8. The fourth-order valence-corrected chi connectivity index (χ4v) is 1.98. The highest BCUT2D eigenvalue weighted by molar-refractivity contribution is 5.49. The van der Waals surface area contributed by atoms with Crippen molar-refractivity contribution >= 4 is 5.69 Å². The Balaban J connectivity index is 2.28. The third-order valence-electron chi connectivity index (χ3n) is 2.95. The number of para-hydroxylation sites is 2. The second kappa shape index (κ2) is 6.20. The molecule has 0 aromatic heterocycles. The number of nitrogens with two attached hydrogens (primary N) is 1. The fourth-order valence-electron chi connectivity index (χ4n) is 1.98. The number of methoxy groups -OCH3 is 1. The lowest BCUT2D eigenvalue weighted by molar-refractivity contribution is 0.407. The first kappa shape index (κ1) is 13.4. The van der Waals surface area contributed by atoms with Gasteiger partial charge < -0.3 is 15.8 Å². The molecule has 0 amide bonds. The average Bonchev–Trinajstić information content (AvgIpc) is 2.46. The Morgan fingerprint density at radius 3 is 2.53 bits per heavy atom. The van der Waals surface area contributed by atoms with Crippen LogP contribution in [0.3, 0.4) is 0 Å². The van der Waals surface area contributed by atoms with Crippen LogP contribution >= 0.6 is 0 Å². The Kier molecular flexibility index (Phi) is 4.36. The van der Waals surface area contributed by atoms with E-state index in [4.69, 9.17) is 10.5 Å². The van der Waals surface area contributed by atoms with Gasteiger partial charge in [0.1, 0.15) is 11.6 Å². The Morgan fingerprint density at radius 1 is 1.16 bits per heavy atom. The summed E-state index contributed by atoms with van der Waals surface area (Å²) in [6.07, 6.45) is 0. The molecule has 0 aliphatic carbocycles. The molecule has 2 aromatic carbocycles. The van der Waals surface area contributed by atoms with Crippen LogP contribution in [0.2, 0.25) is 0 Å². The molecule has 100 valence electrons. The van der Waals surface area contributed by atoms with E-state index in [2.05, 4.69) is 5.32 Å². The van der Waals surface area contributed by atoms with E-state index in [-0.39, 0.29) is 11.9 Å². The number of halogens is 1. The number of nitrogens with one attached hydrogen (secondary N) is 1. The van der Waals surface area contributed by atoms with Crippen LogP contribution in [-0.2, 0) is 0 Å². The van der Waals surface area contributed by atoms with Gasteiger partial charge in [-0.05, 0) is 18.2 Å². The number of hydrogen-bond acceptors (Lipinski definition) is 3. The molecule has 1 unspecified atom stereocenters. The average molecular weight is 260 g/mol. The van der Waals surface area contributed by atoms with Gasteiger partial charge in [0.2, 0.25) is 0 Å². The van der Waals surface area contributed by atoms with Gasteiger partial charge in [-0.25, -0.2) is 4.39 Å². The molecule has 0 fully saturated rings. The van der Waals surface area contributed by atoms with Gasteiger partial charge in [0.25, 0.3) is 0 Å². The molecule has 0 spiro atoms. The van der Waals surface area contributed by atoms with Gasteiger partial charge in [0, 0.05) is 12.1 Å². The second-order valence-corrected chi connectivity index (χ2v) is 4.15. The van der Waals surface area contributed by atoms with E-state index >= 15 is 0 Å². The van der Waals surface area contributed by atoms with Crippen molar-refractivity contribution in [2.75, 3.05) is 19.0 Å². The summed E-state index contributed by atoms with van der Waals surface area (Å²) in [5.74, 6) is 0.442. The van der Waals surface area contributed by atoms with Crippen LogP contribution in [0.4, 0.5) is 10.1 Å². The maximum Gasteiger partial charge on any atom is 0.146 e. The summed E-state index contributed by atoms with van der Waals surface area (Å²) in [4.78, 5) is 0. The topological polar surface area (TPSA) is 47.3 Å². The summed E-state index contributed by atoms with van der Waals surface area (Å²) < 4.78 is 19.0. The highest BCUT2D eigenvalue weighted by Gasteiger charge is 2.15. The predicted octanol–water partition coefficient (Wildman–Crippen LogP) is 2.95. The van der Waals surface area contributed by atoms with Gasteiger partial charge in [0.05, 0.1) is 18.8 Å². The predicted molar refractivity (Wildman–Crippen MR) is 74.8 cm³/mol. The van der Waals surface area contributed by atoms with Crippen molar-refractivity contribution in [2.24, 2.45) is 5.73 Å². The standard InChI is InChI=1S/C15H17FN2O/c1-19-15-9-5-2-6-11(15)14(10-17)18-13-8-4-3-7-12(13)16/h2-9,14,18H,10,17H2,1H3. The van der Waals surface area contributed by atoms with E-state index < -0.39 is 0 Å². The maximum absolute atomic E-state index is 13.6. The summed E-state index contributed by atoms with van der Waals surface area (Å²) in [7, 11) is 1.61. The molecule has 0 heterocycles. The molecule has 2 aromatic rings. The van der Waals surface area contributed by atoms with E-state index in [9.17, 15) is 4.39 Å². The summed E-state index contributed by atoms with van der Waals surface area (Å²) in [5.41, 5.74) is 7.13. The lowest BCUT2D eigenvalue weighted by Crippen LogP contribution is -2.21. The molecular formula is C15H17FN2O. The SMILES string of the molecule is COc1ccccc1C(CN)Nc1ccccc1F. The van der Waals surface area contributed by atoms with Crippen molar-refractivity contribution < 1.29 is 9.13 Å². The van der Waals surface area contributed by atoms with Gasteiger partial charge in [-0.2, -0.15) is 0 Å². The number of hydrogen-bond donors (Lipinski definition) is 2. The molecule has 0 aliphatic heterocycles. The van der Waals surface area contributed by atoms with Crippen LogP contribution in [0, 0.1) is 5.82 Å². The second-order valence-electron chi connectivity index (χ2n) is 4.15. The fraction of sp³-hybridized carbons (Fsp3) is 0.200. The van der Waals surface area contributed by atoms with Gasteiger partial charge in [-0.15, -0.1) is 0 Å². The van der Waals surface area contributed by atoms with Crippen LogP contribution in [0.5, 0.6) is 5.75 Å². The van der Waals surface area contributed by atoms with E-state index in [0.29, 0.717) is 12.2 Å². The molecule has 2 rings (SSSR count). The van der Waals surface area contributed by atoms with Crippen LogP contribution in [0.15, 0.2) is 48.5 Å². The number of ether oxygens (including phenoxy) is 1. The molecule has 1 atom stereocenters. The van der Waals surface area contributed by atoms with Gasteiger partial charge >= 0.3 is 0 Å². The van der Waals surface area contributed by atoms with Gasteiger partial charge in [0.15, 0.2) is 0 Å². The summed E-state index contributed by atoms with van der Waals surface area (Å²) >= 11 is 0. The lowest BCUT2D eigenvalue weighted by atomic mass is 10.1. The third kappa shape index (κ3) is 3.03. The molecule has 0 aliphatic rings. The van der Waals surface area contributed by atoms with Crippen molar-refractivity contribution in [3.63, 3.8) is 0 Å². The first-order valence-electron chi connectivity index (χ1n) is 6.10. The largest absolute Gasteiger partial charge is 0.496 e. The van der Waals surface area contributed by atoms with Crippen LogP contribution in [-0.4, -0.2) is 13.7 Å². The van der Waals surface area contributed by atoms with Crippen molar-refractivity contribution in [2.45, 2.75) is 6.04 Å². The highest BCUT2D eigenvalue weighted by atomic mass is 19.1. The van der Waals surface area contributed by atoms with E-state index in [1.165, 1.54) is 6.07 Å². The molecule has 0 bridgehead atoms. The number of rotatable bonds is 5. The van der Waals surface area contributed by atoms with E-state index in [0.717, 1.165) is 11.3 Å². The molecule has 0 saturated carbocycles. The molecular weight excluding hydrogens is 243 g/mol. The van der Waals surface area contributed by atoms with Gasteiger partial charge in [-0.1, -0.05) is 30.3 Å². The number of benzene rings is 2. The third-order valence-corrected chi connectivity index (χ3v) is 2.95. The Bertz CT molecular complexity index is 545. The Hall–Kier alpha value is -2.07. The molecule has 0 saturated heterocycles. The molecule has 3 N–H and O–H groups in total. The first-order chi connectivity index (χ1) is 9.26. The Labute approximate surface area is 112 Å². The van der Waals surface area contributed by atoms with Crippen LogP contribution < -0.4 is 15.8 Å². The highest BCUT2D eigenvalue weighted by Crippen LogP contribution is 2.27.